The van der Waals surface area contributed by atoms with Crippen LogP contribution in [0.5, 0.6) is 11.5 Å². The number of rotatable bonds is 9. The molecule has 0 radical (unpaired) electrons. The van der Waals surface area contributed by atoms with Gasteiger partial charge in [0.2, 0.25) is 0 Å². The van der Waals surface area contributed by atoms with Gasteiger partial charge in [0.05, 0.1) is 24.8 Å². The molecule has 1 saturated carbocycles. The van der Waals surface area contributed by atoms with Crippen molar-refractivity contribution in [2.45, 2.75) is 39.3 Å². The number of aliphatic carboxylic acids is 1. The van der Waals surface area contributed by atoms with Gasteiger partial charge >= 0.3 is 12.3 Å². The molecule has 2 aliphatic heterocycles. The molecule has 0 spiro atoms. The fourth-order valence-electron chi connectivity index (χ4n) is 6.49. The second-order valence-electron chi connectivity index (χ2n) is 11.5. The van der Waals surface area contributed by atoms with E-state index >= 15 is 0 Å². The maximum absolute atomic E-state index is 13.3. The number of fused-ring (bicyclic) bond motifs is 2. The number of aryl methyl sites for hydroxylation is 1. The number of thiazole rings is 1. The maximum Gasteiger partial charge on any atom is 0.573 e. The number of carboxylic acid groups (broad SMARTS) is 1. The molecule has 6 rings (SSSR count). The van der Waals surface area contributed by atoms with E-state index < -0.39 is 12.3 Å². The van der Waals surface area contributed by atoms with Crippen molar-refractivity contribution in [2.24, 2.45) is 17.8 Å². The van der Waals surface area contributed by atoms with E-state index in [4.69, 9.17) is 14.5 Å². The summed E-state index contributed by atoms with van der Waals surface area (Å²) in [4.78, 5) is 21.0. The first kappa shape index (κ1) is 29.7. The molecule has 2 aromatic carbocycles. The minimum atomic E-state index is -4.84. The Morgan fingerprint density at radius 3 is 2.53 bits per heavy atom. The Morgan fingerprint density at radius 1 is 1.09 bits per heavy atom. The maximum atomic E-state index is 13.3. The molecule has 3 aromatic rings. The molecule has 3 heterocycles. The monoisotopic (exact) mass is 617 g/mol. The van der Waals surface area contributed by atoms with Crippen LogP contribution in [0.4, 0.5) is 18.3 Å². The molecule has 43 heavy (non-hydrogen) atoms. The zero-order valence-electron chi connectivity index (χ0n) is 23.8. The third kappa shape index (κ3) is 6.91. The number of alkyl halides is 3. The average Bonchev–Trinajstić information content (AvgIpc) is 3.56. The lowest BCUT2D eigenvalue weighted by molar-refractivity contribution is -0.275. The third-order valence-corrected chi connectivity index (χ3v) is 9.44. The molecule has 3 aliphatic rings. The van der Waals surface area contributed by atoms with Gasteiger partial charge in [-0.2, -0.15) is 0 Å². The number of anilines is 1. The summed E-state index contributed by atoms with van der Waals surface area (Å²) in [6.07, 6.45) is -3.00. The number of nitrogens with zero attached hydrogens (tertiary/aromatic N) is 3. The molecular weight excluding hydrogens is 583 g/mol. The Hall–Kier alpha value is -3.35. The van der Waals surface area contributed by atoms with Gasteiger partial charge in [-0.05, 0) is 55.4 Å². The Balaban J connectivity index is 1.19. The number of halogens is 3. The highest BCUT2D eigenvalue weighted by Gasteiger charge is 2.46. The number of carboxylic acids is 1. The normalized spacial score (nSPS) is 22.5. The summed E-state index contributed by atoms with van der Waals surface area (Å²) in [5.74, 6) is -0.523. The molecule has 3 atom stereocenters. The Morgan fingerprint density at radius 2 is 1.84 bits per heavy atom. The number of morpholine rings is 1. The number of ether oxygens (including phenoxy) is 3. The summed E-state index contributed by atoms with van der Waals surface area (Å²) in [6.45, 7) is 6.31. The largest absolute Gasteiger partial charge is 0.573 e. The van der Waals surface area contributed by atoms with Crippen molar-refractivity contribution in [2.75, 3.05) is 44.3 Å². The SMILES string of the molecule is Cc1ccc(OCc2ccc(CN3CCOCC3)cc2OC(F)(F)F)c(-c2csc(N3C[C@H]4CC[C@@H](C3)C4C(=O)O)n2)c1. The summed E-state index contributed by atoms with van der Waals surface area (Å²) < 4.78 is 55.9. The van der Waals surface area contributed by atoms with Crippen molar-refractivity contribution in [3.63, 3.8) is 0 Å². The van der Waals surface area contributed by atoms with Gasteiger partial charge in [0, 0.05) is 49.2 Å². The number of piperidine rings is 1. The van der Waals surface area contributed by atoms with Crippen LogP contribution in [0.3, 0.4) is 0 Å². The van der Waals surface area contributed by atoms with E-state index in [0.29, 0.717) is 44.3 Å². The zero-order valence-corrected chi connectivity index (χ0v) is 24.6. The van der Waals surface area contributed by atoms with Gasteiger partial charge in [-0.15, -0.1) is 24.5 Å². The van der Waals surface area contributed by atoms with E-state index in [-0.39, 0.29) is 35.7 Å². The first-order valence-electron chi connectivity index (χ1n) is 14.5. The highest BCUT2D eigenvalue weighted by molar-refractivity contribution is 7.14. The minimum absolute atomic E-state index is 0.120. The number of hydrogen-bond donors (Lipinski definition) is 1. The van der Waals surface area contributed by atoms with Crippen LogP contribution < -0.4 is 14.4 Å². The van der Waals surface area contributed by atoms with E-state index in [0.717, 1.165) is 47.8 Å². The topological polar surface area (TPSA) is 84.4 Å². The molecule has 1 unspecified atom stereocenters. The number of benzene rings is 2. The van der Waals surface area contributed by atoms with Gasteiger partial charge in [-0.1, -0.05) is 23.8 Å². The molecule has 2 bridgehead atoms. The van der Waals surface area contributed by atoms with Crippen LogP contribution in [0.25, 0.3) is 11.3 Å². The zero-order chi connectivity index (χ0) is 30.1. The molecule has 1 N–H and O–H groups in total. The van der Waals surface area contributed by atoms with E-state index in [1.807, 2.05) is 24.4 Å². The van der Waals surface area contributed by atoms with Crippen LogP contribution in [0.1, 0.15) is 29.5 Å². The first-order valence-corrected chi connectivity index (χ1v) is 15.4. The molecule has 0 amide bonds. The Labute approximate surface area is 252 Å². The summed E-state index contributed by atoms with van der Waals surface area (Å²) in [7, 11) is 0. The van der Waals surface area contributed by atoms with Gasteiger partial charge in [0.25, 0.3) is 0 Å². The predicted molar refractivity (Wildman–Crippen MR) is 155 cm³/mol. The van der Waals surface area contributed by atoms with E-state index in [1.54, 1.807) is 18.2 Å². The van der Waals surface area contributed by atoms with Gasteiger partial charge in [-0.25, -0.2) is 4.98 Å². The summed E-state index contributed by atoms with van der Waals surface area (Å²) >= 11 is 1.50. The van der Waals surface area contributed by atoms with Crippen molar-refractivity contribution in [3.8, 4) is 22.8 Å². The van der Waals surface area contributed by atoms with Crippen molar-refractivity contribution in [1.29, 1.82) is 0 Å². The third-order valence-electron chi connectivity index (χ3n) is 8.54. The van der Waals surface area contributed by atoms with Crippen molar-refractivity contribution < 1.29 is 37.3 Å². The van der Waals surface area contributed by atoms with E-state index in [1.165, 1.54) is 17.4 Å². The molecule has 8 nitrogen and oxygen atoms in total. The Kier molecular flexibility index (Phi) is 8.52. The average molecular weight is 618 g/mol. The fraction of sp³-hybridized carbons (Fsp3) is 0.484. The lowest BCUT2D eigenvalue weighted by Gasteiger charge is -2.35. The van der Waals surface area contributed by atoms with Gasteiger partial charge in [0.15, 0.2) is 5.13 Å². The Bertz CT molecular complexity index is 1440. The second kappa shape index (κ2) is 12.3. The molecule has 230 valence electrons. The van der Waals surface area contributed by atoms with E-state index in [9.17, 15) is 23.1 Å². The summed E-state index contributed by atoms with van der Waals surface area (Å²) in [5.41, 5.74) is 3.44. The fourth-order valence-corrected chi connectivity index (χ4v) is 7.34. The highest BCUT2D eigenvalue weighted by atomic mass is 32.1. The summed E-state index contributed by atoms with van der Waals surface area (Å²) in [6, 6.07) is 10.5. The first-order chi connectivity index (χ1) is 20.6. The van der Waals surface area contributed by atoms with Crippen molar-refractivity contribution >= 4 is 22.4 Å². The molecule has 1 aliphatic carbocycles. The molecule has 1 aromatic heterocycles. The number of hydrogen-bond acceptors (Lipinski definition) is 8. The van der Waals surface area contributed by atoms with E-state index in [2.05, 4.69) is 14.5 Å². The number of aromatic nitrogens is 1. The van der Waals surface area contributed by atoms with Gasteiger partial charge < -0.3 is 24.2 Å². The van der Waals surface area contributed by atoms with Crippen LogP contribution in [-0.2, 0) is 22.7 Å². The van der Waals surface area contributed by atoms with Gasteiger partial charge in [0.1, 0.15) is 18.1 Å². The van der Waals surface area contributed by atoms with Crippen LogP contribution >= 0.6 is 11.3 Å². The molecule has 2 saturated heterocycles. The van der Waals surface area contributed by atoms with Crippen LogP contribution in [0, 0.1) is 24.7 Å². The lowest BCUT2D eigenvalue weighted by atomic mass is 9.85. The van der Waals surface area contributed by atoms with Crippen LogP contribution in [-0.4, -0.2) is 66.7 Å². The molecular formula is C31H34F3N3O5S. The highest BCUT2D eigenvalue weighted by Crippen LogP contribution is 2.44. The summed E-state index contributed by atoms with van der Waals surface area (Å²) in [5, 5.41) is 12.4. The van der Waals surface area contributed by atoms with Gasteiger partial charge in [-0.3, -0.25) is 9.69 Å². The quantitative estimate of drug-likeness (QED) is 0.314. The smallest absolute Gasteiger partial charge is 0.488 e. The van der Waals surface area contributed by atoms with Crippen molar-refractivity contribution in [3.05, 3.63) is 58.5 Å². The molecule has 3 fully saturated rings. The standard InChI is InChI=1S/C31H34F3N3O5S/c1-19-2-7-26(24(12-19)25-18-43-30(35-25)37-15-21-5-6-22(16-37)28(21)29(38)39)41-17-23-4-3-20(13-27(23)42-31(32,33)34)14-36-8-10-40-11-9-36/h2-4,7,12-13,18,21-22,28H,5-6,8-11,14-17H2,1H3,(H,38,39)/t21-,22+,28?. The lowest BCUT2D eigenvalue weighted by Crippen LogP contribution is -2.44. The van der Waals surface area contributed by atoms with Crippen LogP contribution in [0.15, 0.2) is 41.8 Å². The number of carbonyl (C=O) groups is 1. The van der Waals surface area contributed by atoms with Crippen LogP contribution in [0.2, 0.25) is 0 Å². The second-order valence-corrected chi connectivity index (χ2v) is 12.4. The molecule has 12 heteroatoms. The minimum Gasteiger partial charge on any atom is -0.488 e. The van der Waals surface area contributed by atoms with Crippen molar-refractivity contribution in [1.82, 2.24) is 9.88 Å². The predicted octanol–water partition coefficient (Wildman–Crippen LogP) is 5.98.